The topological polar surface area (TPSA) is 151 Å². The van der Waals surface area contributed by atoms with Crippen LogP contribution in [0, 0.1) is 0 Å². The Balaban J connectivity index is 1.14. The van der Waals surface area contributed by atoms with Crippen molar-refractivity contribution in [2.75, 3.05) is 36.9 Å². The quantitative estimate of drug-likeness (QED) is 0.0719. The normalized spacial score (nSPS) is 15.7. The van der Waals surface area contributed by atoms with E-state index in [4.69, 9.17) is 33.9 Å². The monoisotopic (exact) mass is 784 g/mol. The van der Waals surface area contributed by atoms with Gasteiger partial charge in [-0.15, -0.1) is 0 Å². The smallest absolute Gasteiger partial charge is 0.338 e. The molecule has 2 saturated heterocycles. The molecule has 2 aromatic rings. The Hall–Kier alpha value is -4.12. The van der Waals surface area contributed by atoms with E-state index >= 15 is 0 Å². The van der Waals surface area contributed by atoms with Crippen molar-refractivity contribution in [1.29, 1.82) is 0 Å². The Morgan fingerprint density at radius 1 is 0.596 bits per heavy atom. The van der Waals surface area contributed by atoms with Crippen molar-refractivity contribution < 1.29 is 38.2 Å². The molecule has 12 nitrogen and oxygen atoms in total. The molecule has 2 aromatic carbocycles. The summed E-state index contributed by atoms with van der Waals surface area (Å²) in [4.78, 5) is 78.5. The van der Waals surface area contributed by atoms with Gasteiger partial charge in [-0.05, 0) is 88.1 Å². The highest BCUT2D eigenvalue weighted by atomic mass is 32.2. The highest BCUT2D eigenvalue weighted by Crippen LogP contribution is 2.42. The number of thioether (sulfide) groups is 2. The molecule has 0 aliphatic carbocycles. The number of ether oxygens (including phenoxy) is 2. The van der Waals surface area contributed by atoms with E-state index in [2.05, 4.69) is 10.6 Å². The molecular weight excluding hydrogens is 745 g/mol. The van der Waals surface area contributed by atoms with Crippen molar-refractivity contribution >= 4 is 104 Å². The van der Waals surface area contributed by atoms with Gasteiger partial charge in [0, 0.05) is 37.3 Å². The van der Waals surface area contributed by atoms with Gasteiger partial charge in [0.05, 0.1) is 34.2 Å². The second-order valence-corrected chi connectivity index (χ2v) is 14.9. The van der Waals surface area contributed by atoms with Crippen LogP contribution in [0.5, 0.6) is 0 Å². The predicted octanol–water partition coefficient (Wildman–Crippen LogP) is 6.67. The number of nitrogens with zero attached hydrogens (tertiary/aromatic N) is 2. The van der Waals surface area contributed by atoms with Crippen LogP contribution in [0.2, 0.25) is 0 Å². The van der Waals surface area contributed by atoms with Crippen LogP contribution in [0.25, 0.3) is 0 Å². The lowest BCUT2D eigenvalue weighted by Crippen LogP contribution is -2.31. The third-order valence-corrected chi connectivity index (χ3v) is 10.9. The van der Waals surface area contributed by atoms with E-state index < -0.39 is 11.9 Å². The Kier molecular flexibility index (Phi) is 15.8. The minimum Gasteiger partial charge on any atom is -0.462 e. The fraction of sp³-hybridized carbons (Fsp3) is 0.389. The standard InChI is InChI=1S/C36H40N4O8S4/c1-3-47-33(45)23-13-17-25(18-14-23)37-27(41)11-7-5-9-21-39-31(43)29(51-35(39)49)30-32(44)40(36(50)52-30)22-10-6-8-12-28(42)38-26-19-15-24(16-20-26)34(46)48-4-2/h13-20H,3-12,21-22H2,1-2H3,(H,37,41)(H,38,42). The molecule has 2 heterocycles. The van der Waals surface area contributed by atoms with Gasteiger partial charge in [0.2, 0.25) is 11.8 Å². The van der Waals surface area contributed by atoms with Crippen molar-refractivity contribution in [3.8, 4) is 0 Å². The molecule has 16 heteroatoms. The summed E-state index contributed by atoms with van der Waals surface area (Å²) >= 11 is 13.1. The van der Waals surface area contributed by atoms with Gasteiger partial charge in [0.15, 0.2) is 0 Å². The van der Waals surface area contributed by atoms with Crippen LogP contribution in [-0.4, -0.2) is 80.3 Å². The number of anilines is 2. The first-order chi connectivity index (χ1) is 25.0. The van der Waals surface area contributed by atoms with Gasteiger partial charge in [-0.3, -0.25) is 29.0 Å². The van der Waals surface area contributed by atoms with E-state index in [1.165, 1.54) is 9.80 Å². The first kappa shape index (κ1) is 40.6. The molecule has 0 saturated carbocycles. The van der Waals surface area contributed by atoms with Crippen molar-refractivity contribution in [1.82, 2.24) is 9.80 Å². The number of esters is 2. The van der Waals surface area contributed by atoms with Crippen molar-refractivity contribution in [3.05, 3.63) is 69.5 Å². The van der Waals surface area contributed by atoms with E-state index in [-0.39, 0.29) is 46.7 Å². The number of carbonyl (C=O) groups is 6. The molecule has 52 heavy (non-hydrogen) atoms. The maximum atomic E-state index is 13.3. The number of rotatable bonds is 18. The molecule has 0 bridgehead atoms. The number of thiocarbonyl (C=S) groups is 2. The molecule has 4 rings (SSSR count). The van der Waals surface area contributed by atoms with E-state index in [0.717, 1.165) is 23.5 Å². The third kappa shape index (κ3) is 11.4. The zero-order valence-electron chi connectivity index (χ0n) is 28.9. The average molecular weight is 785 g/mol. The molecule has 2 aliphatic heterocycles. The maximum Gasteiger partial charge on any atom is 0.338 e. The number of benzene rings is 2. The summed E-state index contributed by atoms with van der Waals surface area (Å²) in [5.41, 5.74) is 1.99. The molecule has 4 amide bonds. The highest BCUT2D eigenvalue weighted by Gasteiger charge is 2.41. The molecule has 0 radical (unpaired) electrons. The number of carbonyl (C=O) groups excluding carboxylic acids is 6. The summed E-state index contributed by atoms with van der Waals surface area (Å²) in [6.07, 6.45) is 4.44. The summed E-state index contributed by atoms with van der Waals surface area (Å²) in [6.45, 7) is 4.78. The fourth-order valence-electron chi connectivity index (χ4n) is 5.18. The third-order valence-electron chi connectivity index (χ3n) is 7.84. The molecule has 0 unspecified atom stereocenters. The Morgan fingerprint density at radius 2 is 0.962 bits per heavy atom. The van der Waals surface area contributed by atoms with Gasteiger partial charge in [-0.2, -0.15) is 0 Å². The van der Waals surface area contributed by atoms with Crippen LogP contribution in [0.4, 0.5) is 11.4 Å². The SMILES string of the molecule is CCOC(=O)c1ccc(NC(=O)CCCCCN2C(=O)C(=C3SC(=S)N(CCCCCC(=O)Nc4ccc(C(=O)OCC)cc4)C3=O)SC2=S)cc1. The molecular formula is C36H40N4O8S4. The number of hydrogen-bond donors (Lipinski definition) is 2. The number of hydrogen-bond acceptors (Lipinski definition) is 12. The summed E-state index contributed by atoms with van der Waals surface area (Å²) in [5.74, 6) is -1.78. The molecule has 2 fully saturated rings. The number of amides is 4. The lowest BCUT2D eigenvalue weighted by atomic mass is 10.1. The van der Waals surface area contributed by atoms with Crippen molar-refractivity contribution in [2.45, 2.75) is 65.2 Å². The number of unbranched alkanes of at least 4 members (excludes halogenated alkanes) is 4. The van der Waals surface area contributed by atoms with E-state index in [1.807, 2.05) is 0 Å². The highest BCUT2D eigenvalue weighted by molar-refractivity contribution is 8.29. The first-order valence-electron chi connectivity index (χ1n) is 17.0. The Bertz CT molecular complexity index is 1600. The van der Waals surface area contributed by atoms with Crippen LogP contribution in [0.3, 0.4) is 0 Å². The predicted molar refractivity (Wildman–Crippen MR) is 210 cm³/mol. The maximum absolute atomic E-state index is 13.3. The van der Waals surface area contributed by atoms with Gasteiger partial charge in [-0.25, -0.2) is 9.59 Å². The van der Waals surface area contributed by atoms with Crippen molar-refractivity contribution in [3.63, 3.8) is 0 Å². The lowest BCUT2D eigenvalue weighted by Gasteiger charge is -2.14. The van der Waals surface area contributed by atoms with Crippen molar-refractivity contribution in [2.24, 2.45) is 0 Å². The van der Waals surface area contributed by atoms with Crippen LogP contribution < -0.4 is 10.6 Å². The molecule has 0 aromatic heterocycles. The van der Waals surface area contributed by atoms with Gasteiger partial charge in [0.1, 0.15) is 8.64 Å². The van der Waals surface area contributed by atoms with Crippen LogP contribution in [0.1, 0.15) is 85.9 Å². The van der Waals surface area contributed by atoms with Crippen LogP contribution >= 0.6 is 48.0 Å². The van der Waals surface area contributed by atoms with Crippen LogP contribution in [-0.2, 0) is 28.7 Å². The largest absolute Gasteiger partial charge is 0.462 e. The van der Waals surface area contributed by atoms with Gasteiger partial charge in [0.25, 0.3) is 11.8 Å². The van der Waals surface area contributed by atoms with Crippen LogP contribution in [0.15, 0.2) is 58.3 Å². The number of nitrogens with one attached hydrogen (secondary N) is 2. The summed E-state index contributed by atoms with van der Waals surface area (Å²) < 4.78 is 10.7. The van der Waals surface area contributed by atoms with Gasteiger partial charge < -0.3 is 20.1 Å². The minimum absolute atomic E-state index is 0.154. The van der Waals surface area contributed by atoms with Gasteiger partial charge in [-0.1, -0.05) is 60.8 Å². The fourth-order valence-corrected chi connectivity index (χ4v) is 7.95. The summed E-state index contributed by atoms with van der Waals surface area (Å²) in [5, 5.41) is 5.62. The second-order valence-electron chi connectivity index (χ2n) is 11.6. The zero-order valence-corrected chi connectivity index (χ0v) is 32.2. The first-order valence-corrected chi connectivity index (χ1v) is 19.4. The molecule has 0 atom stereocenters. The molecule has 2 aliphatic rings. The van der Waals surface area contributed by atoms with Gasteiger partial charge >= 0.3 is 11.9 Å². The lowest BCUT2D eigenvalue weighted by molar-refractivity contribution is -0.124. The molecule has 2 N–H and O–H groups in total. The van der Waals surface area contributed by atoms with E-state index in [0.29, 0.717) is 95.6 Å². The minimum atomic E-state index is -0.417. The summed E-state index contributed by atoms with van der Waals surface area (Å²) in [7, 11) is 0. The Labute approximate surface area is 321 Å². The van der Waals surface area contributed by atoms with E-state index in [9.17, 15) is 28.8 Å². The summed E-state index contributed by atoms with van der Waals surface area (Å²) in [6, 6.07) is 13.0. The molecule has 276 valence electrons. The zero-order chi connectivity index (χ0) is 37.6. The molecule has 0 spiro atoms. The van der Waals surface area contributed by atoms with E-state index in [1.54, 1.807) is 62.4 Å². The second kappa shape index (κ2) is 20.2. The average Bonchev–Trinajstić information content (AvgIpc) is 3.56. The Morgan fingerprint density at radius 3 is 1.31 bits per heavy atom.